The fraction of sp³-hybridized carbons (Fsp3) is 0.278. The van der Waals surface area contributed by atoms with E-state index in [1.165, 1.54) is 5.56 Å². The highest BCUT2D eigenvalue weighted by Crippen LogP contribution is 2.12. The third-order valence-corrected chi connectivity index (χ3v) is 4.08. The third-order valence-electron chi connectivity index (χ3n) is 4.08. The summed E-state index contributed by atoms with van der Waals surface area (Å²) in [7, 11) is 1.80. The molecule has 0 aliphatic heterocycles. The molecule has 0 bridgehead atoms. The lowest BCUT2D eigenvalue weighted by atomic mass is 10.2. The van der Waals surface area contributed by atoms with Crippen molar-refractivity contribution in [3.63, 3.8) is 0 Å². The lowest BCUT2D eigenvalue weighted by Crippen LogP contribution is -2.33. The Morgan fingerprint density at radius 2 is 2.00 bits per heavy atom. The van der Waals surface area contributed by atoms with Gasteiger partial charge in [-0.1, -0.05) is 30.3 Å². The van der Waals surface area contributed by atoms with Gasteiger partial charge in [0.15, 0.2) is 0 Å². The van der Waals surface area contributed by atoms with E-state index in [2.05, 4.69) is 26.7 Å². The molecule has 0 aliphatic carbocycles. The molecule has 1 aromatic carbocycles. The summed E-state index contributed by atoms with van der Waals surface area (Å²) in [5, 5.41) is 0. The number of hydrogen-bond donors (Lipinski definition) is 0. The predicted molar refractivity (Wildman–Crippen MR) is 91.2 cm³/mol. The molecule has 1 atom stereocenters. The zero-order valence-corrected chi connectivity index (χ0v) is 13.9. The predicted octanol–water partition coefficient (Wildman–Crippen LogP) is 2.35. The summed E-state index contributed by atoms with van der Waals surface area (Å²) in [6, 6.07) is 9.93. The minimum atomic E-state index is -0.282. The molecule has 0 aliphatic rings. The van der Waals surface area contributed by atoms with Crippen LogP contribution in [0.2, 0.25) is 0 Å². The van der Waals surface area contributed by atoms with Crippen LogP contribution >= 0.6 is 0 Å². The highest BCUT2D eigenvalue weighted by molar-refractivity contribution is 5.79. The number of rotatable bonds is 6. The molecule has 0 saturated heterocycles. The maximum Gasteiger partial charge on any atom is 0.245 e. The van der Waals surface area contributed by atoms with Crippen LogP contribution in [-0.2, 0) is 17.9 Å². The van der Waals surface area contributed by atoms with Crippen LogP contribution < -0.4 is 0 Å². The zero-order chi connectivity index (χ0) is 16.9. The highest BCUT2D eigenvalue weighted by Gasteiger charge is 2.20. The molecule has 0 fully saturated rings. The maximum absolute atomic E-state index is 12.6. The van der Waals surface area contributed by atoms with Crippen LogP contribution in [0.1, 0.15) is 24.4 Å². The molecule has 3 rings (SSSR count). The minimum absolute atomic E-state index is 0.0299. The van der Waals surface area contributed by atoms with E-state index in [4.69, 9.17) is 0 Å². The van der Waals surface area contributed by atoms with Gasteiger partial charge in [-0.2, -0.15) is 0 Å². The smallest absolute Gasteiger partial charge is 0.245 e. The van der Waals surface area contributed by atoms with Crippen LogP contribution in [0.5, 0.6) is 0 Å². The maximum atomic E-state index is 12.6. The first-order chi connectivity index (χ1) is 11.6. The van der Waals surface area contributed by atoms with E-state index in [1.54, 1.807) is 41.4 Å². The van der Waals surface area contributed by atoms with Crippen LogP contribution in [0.4, 0.5) is 0 Å². The van der Waals surface area contributed by atoms with Crippen molar-refractivity contribution in [3.8, 4) is 0 Å². The summed E-state index contributed by atoms with van der Waals surface area (Å²) in [6.45, 7) is 3.09. The van der Waals surface area contributed by atoms with Gasteiger partial charge in [0.05, 0.1) is 12.9 Å². The molecule has 2 heterocycles. The number of likely N-dealkylation sites (N-methyl/N-ethyl adjacent to an activating group) is 1. The van der Waals surface area contributed by atoms with Crippen LogP contribution in [0.25, 0.3) is 0 Å². The number of amides is 1. The van der Waals surface area contributed by atoms with Gasteiger partial charge in [-0.25, -0.2) is 9.97 Å². The van der Waals surface area contributed by atoms with E-state index < -0.39 is 0 Å². The molecule has 6 heteroatoms. The molecule has 6 nitrogen and oxygen atoms in total. The number of nitrogens with zero attached hydrogens (tertiary/aromatic N) is 5. The van der Waals surface area contributed by atoms with Gasteiger partial charge in [0.2, 0.25) is 5.91 Å². The van der Waals surface area contributed by atoms with Crippen molar-refractivity contribution in [2.24, 2.45) is 0 Å². The van der Waals surface area contributed by atoms with Gasteiger partial charge < -0.3 is 14.0 Å². The normalized spacial score (nSPS) is 12.1. The third kappa shape index (κ3) is 3.53. The quantitative estimate of drug-likeness (QED) is 0.700. The molecule has 0 saturated carbocycles. The summed E-state index contributed by atoms with van der Waals surface area (Å²) >= 11 is 0. The highest BCUT2D eigenvalue weighted by atomic mass is 16.2. The molecule has 0 radical (unpaired) electrons. The molecular weight excluding hydrogens is 302 g/mol. The van der Waals surface area contributed by atoms with Gasteiger partial charge >= 0.3 is 0 Å². The second-order valence-corrected chi connectivity index (χ2v) is 5.84. The van der Waals surface area contributed by atoms with Crippen molar-refractivity contribution < 1.29 is 4.79 Å². The van der Waals surface area contributed by atoms with Crippen molar-refractivity contribution in [2.45, 2.75) is 26.1 Å². The van der Waals surface area contributed by atoms with E-state index in [9.17, 15) is 4.79 Å². The van der Waals surface area contributed by atoms with Gasteiger partial charge in [0.1, 0.15) is 11.9 Å². The second-order valence-electron chi connectivity index (χ2n) is 5.84. The standard InChI is InChI=1S/C18H21N5O/c1-15(23-10-8-19-14-23)18(24)21(2)13-17-20-9-11-22(17)12-16-6-4-3-5-7-16/h3-11,14-15H,12-13H2,1-2H3/t15-/m0/s1. The Labute approximate surface area is 141 Å². The van der Waals surface area contributed by atoms with E-state index in [1.807, 2.05) is 31.3 Å². The number of imidazole rings is 2. The van der Waals surface area contributed by atoms with Crippen molar-refractivity contribution in [1.82, 2.24) is 24.0 Å². The molecular formula is C18H21N5O. The number of aromatic nitrogens is 4. The van der Waals surface area contributed by atoms with E-state index >= 15 is 0 Å². The number of hydrogen-bond acceptors (Lipinski definition) is 3. The summed E-state index contributed by atoms with van der Waals surface area (Å²) in [5.74, 6) is 0.898. The van der Waals surface area contributed by atoms with Crippen molar-refractivity contribution >= 4 is 5.91 Å². The molecule has 124 valence electrons. The number of benzene rings is 1. The summed E-state index contributed by atoms with van der Waals surface area (Å²) in [5.41, 5.74) is 1.21. The molecule has 24 heavy (non-hydrogen) atoms. The van der Waals surface area contributed by atoms with Gasteiger partial charge in [-0.05, 0) is 12.5 Å². The molecule has 0 unspecified atom stereocenters. The SMILES string of the molecule is C[C@@H](C(=O)N(C)Cc1nccn1Cc1ccccc1)n1ccnc1. The summed E-state index contributed by atoms with van der Waals surface area (Å²) in [6.07, 6.45) is 8.85. The van der Waals surface area contributed by atoms with Gasteiger partial charge in [0, 0.05) is 38.4 Å². The lowest BCUT2D eigenvalue weighted by molar-refractivity contribution is -0.133. The number of carbonyl (C=O) groups is 1. The first kappa shape index (κ1) is 16.0. The van der Waals surface area contributed by atoms with E-state index in [0.717, 1.165) is 12.4 Å². The van der Waals surface area contributed by atoms with E-state index in [-0.39, 0.29) is 11.9 Å². The lowest BCUT2D eigenvalue weighted by Gasteiger charge is -2.22. The Balaban J connectivity index is 1.68. The van der Waals surface area contributed by atoms with Crippen LogP contribution in [0.3, 0.4) is 0 Å². The monoisotopic (exact) mass is 323 g/mol. The van der Waals surface area contributed by atoms with Crippen molar-refractivity contribution in [1.29, 1.82) is 0 Å². The van der Waals surface area contributed by atoms with Crippen LogP contribution in [0, 0.1) is 0 Å². The first-order valence-electron chi connectivity index (χ1n) is 7.91. The van der Waals surface area contributed by atoms with Gasteiger partial charge in [-0.3, -0.25) is 4.79 Å². The molecule has 0 spiro atoms. The molecule has 0 N–H and O–H groups in total. The molecule has 2 aromatic heterocycles. The first-order valence-corrected chi connectivity index (χ1v) is 7.91. The van der Waals surface area contributed by atoms with Crippen LogP contribution in [-0.4, -0.2) is 37.0 Å². The topological polar surface area (TPSA) is 56.0 Å². The average Bonchev–Trinajstić information content (AvgIpc) is 3.27. The summed E-state index contributed by atoms with van der Waals surface area (Å²) < 4.78 is 3.87. The molecule has 3 aromatic rings. The Morgan fingerprint density at radius 3 is 2.71 bits per heavy atom. The Kier molecular flexibility index (Phi) is 4.74. The van der Waals surface area contributed by atoms with Crippen LogP contribution in [0.15, 0.2) is 61.4 Å². The fourth-order valence-corrected chi connectivity index (χ4v) is 2.65. The Morgan fingerprint density at radius 1 is 1.21 bits per heavy atom. The largest absolute Gasteiger partial charge is 0.336 e. The van der Waals surface area contributed by atoms with E-state index in [0.29, 0.717) is 6.54 Å². The Hall–Kier alpha value is -2.89. The zero-order valence-electron chi connectivity index (χ0n) is 13.9. The summed E-state index contributed by atoms with van der Waals surface area (Å²) in [4.78, 5) is 22.7. The Bertz CT molecular complexity index is 779. The minimum Gasteiger partial charge on any atom is -0.336 e. The molecule has 1 amide bonds. The fourth-order valence-electron chi connectivity index (χ4n) is 2.65. The van der Waals surface area contributed by atoms with Gasteiger partial charge in [-0.15, -0.1) is 0 Å². The van der Waals surface area contributed by atoms with Gasteiger partial charge in [0.25, 0.3) is 0 Å². The number of carbonyl (C=O) groups excluding carboxylic acids is 1. The second kappa shape index (κ2) is 7.12. The van der Waals surface area contributed by atoms with Crippen molar-refractivity contribution in [2.75, 3.05) is 7.05 Å². The average molecular weight is 323 g/mol. The van der Waals surface area contributed by atoms with Crippen molar-refractivity contribution in [3.05, 3.63) is 72.8 Å².